The fraction of sp³-hybridized carbons (Fsp3) is 0.429. The van der Waals surface area contributed by atoms with Gasteiger partial charge >= 0.3 is 6.03 Å². The topological polar surface area (TPSA) is 61.4 Å². The van der Waals surface area contributed by atoms with Gasteiger partial charge in [-0.05, 0) is 38.0 Å². The third-order valence-electron chi connectivity index (χ3n) is 3.31. The van der Waals surface area contributed by atoms with Crippen molar-refractivity contribution in [3.05, 3.63) is 28.2 Å². The summed E-state index contributed by atoms with van der Waals surface area (Å²) in [6.45, 7) is 3.18. The van der Waals surface area contributed by atoms with E-state index in [0.29, 0.717) is 15.7 Å². The molecule has 5 nitrogen and oxygen atoms in total. The summed E-state index contributed by atoms with van der Waals surface area (Å²) in [5, 5.41) is 6.05. The average Bonchev–Trinajstić information content (AvgIpc) is 2.96. The van der Waals surface area contributed by atoms with E-state index >= 15 is 0 Å². The highest BCUT2D eigenvalue weighted by Gasteiger charge is 2.24. The van der Waals surface area contributed by atoms with Gasteiger partial charge in [0.1, 0.15) is 6.04 Å². The van der Waals surface area contributed by atoms with Gasteiger partial charge in [-0.3, -0.25) is 4.79 Å². The predicted molar refractivity (Wildman–Crippen MR) is 83.9 cm³/mol. The molecule has 2 N–H and O–H groups in total. The molecule has 1 aliphatic rings. The Balaban J connectivity index is 1.91. The van der Waals surface area contributed by atoms with Crippen LogP contribution in [0.4, 0.5) is 10.5 Å². The molecule has 1 saturated heterocycles. The monoisotopic (exact) mass is 329 g/mol. The first kappa shape index (κ1) is 15.9. The molecular weight excluding hydrogens is 313 g/mol. The van der Waals surface area contributed by atoms with Crippen molar-refractivity contribution in [1.82, 2.24) is 10.2 Å². The van der Waals surface area contributed by atoms with Crippen molar-refractivity contribution in [3.8, 4) is 0 Å². The van der Waals surface area contributed by atoms with Gasteiger partial charge in [-0.2, -0.15) is 0 Å². The Bertz CT molecular complexity index is 545. The number of amides is 3. The molecule has 114 valence electrons. The first-order valence-electron chi connectivity index (χ1n) is 6.79. The summed E-state index contributed by atoms with van der Waals surface area (Å²) < 4.78 is 0. The van der Waals surface area contributed by atoms with Crippen molar-refractivity contribution in [2.45, 2.75) is 25.8 Å². The molecule has 0 bridgehead atoms. The van der Waals surface area contributed by atoms with Crippen LogP contribution in [0.25, 0.3) is 0 Å². The van der Waals surface area contributed by atoms with Gasteiger partial charge in [-0.15, -0.1) is 0 Å². The molecule has 21 heavy (non-hydrogen) atoms. The third-order valence-corrected chi connectivity index (χ3v) is 3.88. The molecule has 3 amide bonds. The molecule has 1 fully saturated rings. The molecule has 0 spiro atoms. The fourth-order valence-electron chi connectivity index (χ4n) is 2.22. The van der Waals surface area contributed by atoms with Crippen molar-refractivity contribution in [2.24, 2.45) is 0 Å². The van der Waals surface area contributed by atoms with Gasteiger partial charge in [-0.25, -0.2) is 4.79 Å². The average molecular weight is 330 g/mol. The van der Waals surface area contributed by atoms with E-state index in [0.717, 1.165) is 25.9 Å². The molecule has 1 atom stereocenters. The van der Waals surface area contributed by atoms with Gasteiger partial charge in [0.2, 0.25) is 5.91 Å². The van der Waals surface area contributed by atoms with Gasteiger partial charge < -0.3 is 15.5 Å². The van der Waals surface area contributed by atoms with Crippen molar-refractivity contribution in [1.29, 1.82) is 0 Å². The Hall–Kier alpha value is -1.46. The first-order valence-corrected chi connectivity index (χ1v) is 7.54. The number of hydrogen-bond donors (Lipinski definition) is 2. The SMILES string of the molecule is C[C@H](NC(=O)Nc1cc(Cl)ccc1Cl)C(=O)N1CCCC1. The van der Waals surface area contributed by atoms with Crippen LogP contribution in [0.3, 0.4) is 0 Å². The van der Waals surface area contributed by atoms with Crippen molar-refractivity contribution in [3.63, 3.8) is 0 Å². The van der Waals surface area contributed by atoms with E-state index < -0.39 is 12.1 Å². The van der Waals surface area contributed by atoms with Crippen LogP contribution in [0.1, 0.15) is 19.8 Å². The Labute approximate surface area is 133 Å². The number of likely N-dealkylation sites (tertiary alicyclic amines) is 1. The predicted octanol–water partition coefficient (Wildman–Crippen LogP) is 3.13. The molecule has 1 heterocycles. The normalized spacial score (nSPS) is 15.7. The number of hydrogen-bond acceptors (Lipinski definition) is 2. The lowest BCUT2D eigenvalue weighted by Gasteiger charge is -2.21. The van der Waals surface area contributed by atoms with E-state index in [1.165, 1.54) is 0 Å². The van der Waals surface area contributed by atoms with Gasteiger partial charge in [0.15, 0.2) is 0 Å². The highest BCUT2D eigenvalue weighted by atomic mass is 35.5. The second-order valence-electron chi connectivity index (χ2n) is 4.98. The molecular formula is C14H17Cl2N3O2. The second-order valence-corrected chi connectivity index (χ2v) is 5.82. The Kier molecular flexibility index (Phi) is 5.31. The van der Waals surface area contributed by atoms with E-state index in [1.54, 1.807) is 30.0 Å². The number of nitrogens with one attached hydrogen (secondary N) is 2. The molecule has 7 heteroatoms. The second kappa shape index (κ2) is 7.00. The zero-order valence-electron chi connectivity index (χ0n) is 11.7. The lowest BCUT2D eigenvalue weighted by molar-refractivity contribution is -0.131. The maximum atomic E-state index is 12.1. The van der Waals surface area contributed by atoms with Crippen LogP contribution in [-0.2, 0) is 4.79 Å². The quantitative estimate of drug-likeness (QED) is 0.894. The minimum absolute atomic E-state index is 0.0696. The molecule has 0 aromatic heterocycles. The van der Waals surface area contributed by atoms with Gasteiger partial charge in [0, 0.05) is 18.1 Å². The number of benzene rings is 1. The molecule has 1 aromatic carbocycles. The Morgan fingerprint density at radius 2 is 1.90 bits per heavy atom. The van der Waals surface area contributed by atoms with Crippen LogP contribution in [0, 0.1) is 0 Å². The van der Waals surface area contributed by atoms with Crippen molar-refractivity contribution >= 4 is 40.8 Å². The first-order chi connectivity index (χ1) is 9.97. The molecule has 2 rings (SSSR count). The van der Waals surface area contributed by atoms with Gasteiger partial charge in [-0.1, -0.05) is 23.2 Å². The Morgan fingerprint density at radius 1 is 1.24 bits per heavy atom. The van der Waals surface area contributed by atoms with Gasteiger partial charge in [0.05, 0.1) is 10.7 Å². The molecule has 0 aliphatic carbocycles. The molecule has 0 saturated carbocycles. The number of anilines is 1. The van der Waals surface area contributed by atoms with Gasteiger partial charge in [0.25, 0.3) is 0 Å². The number of halogens is 2. The van der Waals surface area contributed by atoms with Crippen LogP contribution in [0.15, 0.2) is 18.2 Å². The zero-order valence-corrected chi connectivity index (χ0v) is 13.2. The van der Waals surface area contributed by atoms with Crippen LogP contribution < -0.4 is 10.6 Å². The van der Waals surface area contributed by atoms with Crippen LogP contribution >= 0.6 is 23.2 Å². The third kappa shape index (κ3) is 4.25. The number of rotatable bonds is 3. The number of urea groups is 1. The molecule has 0 radical (unpaired) electrons. The maximum absolute atomic E-state index is 12.1. The largest absolute Gasteiger partial charge is 0.341 e. The summed E-state index contributed by atoms with van der Waals surface area (Å²) >= 11 is 11.8. The summed E-state index contributed by atoms with van der Waals surface area (Å²) in [4.78, 5) is 25.8. The van der Waals surface area contributed by atoms with Crippen LogP contribution in [0.5, 0.6) is 0 Å². The maximum Gasteiger partial charge on any atom is 0.319 e. The summed E-state index contributed by atoms with van der Waals surface area (Å²) in [6, 6.07) is 3.71. The summed E-state index contributed by atoms with van der Waals surface area (Å²) in [5.74, 6) is -0.0696. The smallest absolute Gasteiger partial charge is 0.319 e. The van der Waals surface area contributed by atoms with E-state index in [4.69, 9.17) is 23.2 Å². The minimum Gasteiger partial charge on any atom is -0.341 e. The lowest BCUT2D eigenvalue weighted by Crippen LogP contribution is -2.47. The van der Waals surface area contributed by atoms with Crippen LogP contribution in [-0.4, -0.2) is 36.0 Å². The highest BCUT2D eigenvalue weighted by Crippen LogP contribution is 2.25. The van der Waals surface area contributed by atoms with E-state index in [1.807, 2.05) is 0 Å². The van der Waals surface area contributed by atoms with Crippen LogP contribution in [0.2, 0.25) is 10.0 Å². The molecule has 1 aliphatic heterocycles. The standard InChI is InChI=1S/C14H17Cl2N3O2/c1-9(13(20)19-6-2-3-7-19)17-14(21)18-12-8-10(15)4-5-11(12)16/h4-5,8-9H,2-3,6-7H2,1H3,(H2,17,18,21)/t9-/m0/s1. The molecule has 0 unspecified atom stereocenters. The highest BCUT2D eigenvalue weighted by molar-refractivity contribution is 6.35. The fourth-order valence-corrected chi connectivity index (χ4v) is 2.56. The summed E-state index contributed by atoms with van der Waals surface area (Å²) in [6.07, 6.45) is 2.03. The lowest BCUT2D eigenvalue weighted by atomic mass is 10.3. The Morgan fingerprint density at radius 3 is 2.57 bits per heavy atom. The number of nitrogens with zero attached hydrogens (tertiary/aromatic N) is 1. The zero-order chi connectivity index (χ0) is 15.4. The minimum atomic E-state index is -0.582. The number of carbonyl (C=O) groups is 2. The van der Waals surface area contributed by atoms with E-state index in [-0.39, 0.29) is 5.91 Å². The molecule has 1 aromatic rings. The van der Waals surface area contributed by atoms with Crippen molar-refractivity contribution < 1.29 is 9.59 Å². The number of carbonyl (C=O) groups excluding carboxylic acids is 2. The van der Waals surface area contributed by atoms with Crippen molar-refractivity contribution in [2.75, 3.05) is 18.4 Å². The van der Waals surface area contributed by atoms with E-state index in [2.05, 4.69) is 10.6 Å². The summed E-state index contributed by atoms with van der Waals surface area (Å²) in [7, 11) is 0. The summed E-state index contributed by atoms with van der Waals surface area (Å²) in [5.41, 5.74) is 0.405. The van der Waals surface area contributed by atoms with E-state index in [9.17, 15) is 9.59 Å².